The molecule has 7 heteroatoms. The Balaban J connectivity index is 1.66. The summed E-state index contributed by atoms with van der Waals surface area (Å²) in [6.45, 7) is 6.17. The fourth-order valence-electron chi connectivity index (χ4n) is 3.28. The van der Waals surface area contributed by atoms with Gasteiger partial charge in [0.05, 0.1) is 22.6 Å². The molecule has 2 aromatic carbocycles. The third-order valence-electron chi connectivity index (χ3n) is 4.75. The van der Waals surface area contributed by atoms with E-state index in [9.17, 15) is 4.79 Å². The molecule has 1 atom stereocenters. The highest BCUT2D eigenvalue weighted by molar-refractivity contribution is 6.00. The van der Waals surface area contributed by atoms with Gasteiger partial charge in [-0.1, -0.05) is 38.1 Å². The molecule has 0 saturated heterocycles. The maximum atomic E-state index is 13.1. The fourth-order valence-corrected chi connectivity index (χ4v) is 3.28. The summed E-state index contributed by atoms with van der Waals surface area (Å²) in [6.07, 6.45) is 1.43. The SMILES string of the molecule is Cc1ccc2nc([C@@H](NC(=O)c3ccccc3-c3ncn[nH]3)C(C)C)[nH]c2c1. The van der Waals surface area contributed by atoms with Gasteiger partial charge in [-0.2, -0.15) is 5.10 Å². The Morgan fingerprint density at radius 2 is 1.96 bits per heavy atom. The van der Waals surface area contributed by atoms with Gasteiger partial charge in [0, 0.05) is 5.56 Å². The van der Waals surface area contributed by atoms with Gasteiger partial charge in [-0.05, 0) is 36.6 Å². The molecule has 28 heavy (non-hydrogen) atoms. The van der Waals surface area contributed by atoms with Crippen LogP contribution in [0.5, 0.6) is 0 Å². The first kappa shape index (κ1) is 17.9. The zero-order chi connectivity index (χ0) is 19.7. The predicted octanol–water partition coefficient (Wildman–Crippen LogP) is 3.78. The van der Waals surface area contributed by atoms with Gasteiger partial charge < -0.3 is 10.3 Å². The Morgan fingerprint density at radius 1 is 1.14 bits per heavy atom. The number of aromatic nitrogens is 5. The molecular formula is C21H22N6O. The summed E-state index contributed by atoms with van der Waals surface area (Å²) in [5.41, 5.74) is 4.27. The van der Waals surface area contributed by atoms with Crippen LogP contribution in [-0.2, 0) is 0 Å². The lowest BCUT2D eigenvalue weighted by molar-refractivity contribution is 0.0924. The van der Waals surface area contributed by atoms with Gasteiger partial charge in [0.2, 0.25) is 0 Å². The second kappa shape index (κ2) is 7.26. The molecule has 0 bridgehead atoms. The van der Waals surface area contributed by atoms with Crippen molar-refractivity contribution in [1.29, 1.82) is 0 Å². The average Bonchev–Trinajstić information content (AvgIpc) is 3.35. The standard InChI is InChI=1S/C21H22N6O/c1-12(2)18(20-24-16-9-8-13(3)10-17(16)25-20)26-21(28)15-7-5-4-6-14(15)19-22-11-23-27-19/h4-12,18H,1-3H3,(H,24,25)(H,26,28)(H,22,23,27)/t18-/m0/s1. The summed E-state index contributed by atoms with van der Waals surface area (Å²) >= 11 is 0. The summed E-state index contributed by atoms with van der Waals surface area (Å²) in [5.74, 6) is 1.29. The van der Waals surface area contributed by atoms with Crippen LogP contribution in [-0.4, -0.2) is 31.1 Å². The van der Waals surface area contributed by atoms with Crippen LogP contribution in [0.4, 0.5) is 0 Å². The van der Waals surface area contributed by atoms with Crippen molar-refractivity contribution < 1.29 is 4.79 Å². The molecule has 4 aromatic rings. The second-order valence-electron chi connectivity index (χ2n) is 7.22. The van der Waals surface area contributed by atoms with Gasteiger partial charge in [-0.15, -0.1) is 0 Å². The number of carbonyl (C=O) groups is 1. The Labute approximate surface area is 162 Å². The molecule has 0 unspecified atom stereocenters. The van der Waals surface area contributed by atoms with Crippen LogP contribution in [0.25, 0.3) is 22.4 Å². The predicted molar refractivity (Wildman–Crippen MR) is 108 cm³/mol. The van der Waals surface area contributed by atoms with E-state index in [-0.39, 0.29) is 17.9 Å². The van der Waals surface area contributed by atoms with Crippen LogP contribution in [0, 0.1) is 12.8 Å². The molecule has 0 aliphatic heterocycles. The number of carbonyl (C=O) groups excluding carboxylic acids is 1. The molecule has 7 nitrogen and oxygen atoms in total. The van der Waals surface area contributed by atoms with E-state index in [4.69, 9.17) is 4.98 Å². The van der Waals surface area contributed by atoms with Crippen molar-refractivity contribution in [1.82, 2.24) is 30.5 Å². The quantitative estimate of drug-likeness (QED) is 0.495. The number of amides is 1. The normalized spacial score (nSPS) is 12.4. The van der Waals surface area contributed by atoms with Gasteiger partial charge in [0.1, 0.15) is 12.2 Å². The highest BCUT2D eigenvalue weighted by atomic mass is 16.1. The van der Waals surface area contributed by atoms with E-state index in [1.165, 1.54) is 6.33 Å². The Bertz CT molecular complexity index is 1110. The number of imidazole rings is 1. The maximum absolute atomic E-state index is 13.1. The number of hydrogen-bond acceptors (Lipinski definition) is 4. The average molecular weight is 374 g/mol. The van der Waals surface area contributed by atoms with Crippen molar-refractivity contribution in [2.24, 2.45) is 5.92 Å². The van der Waals surface area contributed by atoms with E-state index in [0.29, 0.717) is 17.0 Å². The van der Waals surface area contributed by atoms with E-state index in [1.807, 2.05) is 37.3 Å². The largest absolute Gasteiger partial charge is 0.342 e. The van der Waals surface area contributed by atoms with E-state index in [2.05, 4.69) is 45.4 Å². The van der Waals surface area contributed by atoms with Crippen LogP contribution in [0.3, 0.4) is 0 Å². The number of nitrogens with zero attached hydrogens (tertiary/aromatic N) is 3. The van der Waals surface area contributed by atoms with E-state index < -0.39 is 0 Å². The molecule has 0 aliphatic rings. The molecule has 4 rings (SSSR count). The van der Waals surface area contributed by atoms with Gasteiger partial charge in [-0.3, -0.25) is 9.89 Å². The van der Waals surface area contributed by atoms with Crippen LogP contribution in [0.15, 0.2) is 48.8 Å². The topological polar surface area (TPSA) is 99.3 Å². The van der Waals surface area contributed by atoms with E-state index >= 15 is 0 Å². The third-order valence-corrected chi connectivity index (χ3v) is 4.75. The molecule has 3 N–H and O–H groups in total. The van der Waals surface area contributed by atoms with Gasteiger partial charge in [-0.25, -0.2) is 9.97 Å². The molecule has 0 aliphatic carbocycles. The molecule has 1 amide bonds. The number of aryl methyl sites for hydroxylation is 1. The maximum Gasteiger partial charge on any atom is 0.252 e. The molecule has 2 aromatic heterocycles. The highest BCUT2D eigenvalue weighted by Gasteiger charge is 2.24. The van der Waals surface area contributed by atoms with Gasteiger partial charge in [0.25, 0.3) is 5.91 Å². The molecule has 142 valence electrons. The lowest BCUT2D eigenvalue weighted by atomic mass is 10.0. The highest BCUT2D eigenvalue weighted by Crippen LogP contribution is 2.25. The van der Waals surface area contributed by atoms with Gasteiger partial charge in [0.15, 0.2) is 5.82 Å². The number of nitrogens with one attached hydrogen (secondary N) is 3. The Kier molecular flexibility index (Phi) is 4.65. The number of aromatic amines is 2. The van der Waals surface area contributed by atoms with Crippen LogP contribution in [0.2, 0.25) is 0 Å². The summed E-state index contributed by atoms with van der Waals surface area (Å²) in [5, 5.41) is 9.84. The first-order valence-corrected chi connectivity index (χ1v) is 9.25. The molecular weight excluding hydrogens is 352 g/mol. The van der Waals surface area contributed by atoms with Gasteiger partial charge >= 0.3 is 0 Å². The summed E-state index contributed by atoms with van der Waals surface area (Å²) in [4.78, 5) is 25.3. The fraction of sp³-hybridized carbons (Fsp3) is 0.238. The van der Waals surface area contributed by atoms with Crippen molar-refractivity contribution in [2.75, 3.05) is 0 Å². The van der Waals surface area contributed by atoms with Crippen molar-refractivity contribution in [2.45, 2.75) is 26.8 Å². The van der Waals surface area contributed by atoms with E-state index in [0.717, 1.165) is 22.4 Å². The minimum absolute atomic E-state index is 0.156. The molecule has 0 fully saturated rings. The monoisotopic (exact) mass is 374 g/mol. The Hall–Kier alpha value is -3.48. The number of benzene rings is 2. The van der Waals surface area contributed by atoms with Crippen molar-refractivity contribution in [3.8, 4) is 11.4 Å². The minimum Gasteiger partial charge on any atom is -0.342 e. The van der Waals surface area contributed by atoms with Crippen LogP contribution >= 0.6 is 0 Å². The third kappa shape index (κ3) is 3.38. The minimum atomic E-state index is -0.247. The summed E-state index contributed by atoms with van der Waals surface area (Å²) < 4.78 is 0. The number of H-pyrrole nitrogens is 2. The summed E-state index contributed by atoms with van der Waals surface area (Å²) in [6, 6.07) is 13.2. The first-order chi connectivity index (χ1) is 13.5. The number of rotatable bonds is 5. The molecule has 0 saturated carbocycles. The zero-order valence-electron chi connectivity index (χ0n) is 16.0. The zero-order valence-corrected chi connectivity index (χ0v) is 16.0. The molecule has 0 spiro atoms. The van der Waals surface area contributed by atoms with E-state index in [1.54, 1.807) is 6.07 Å². The number of fused-ring (bicyclic) bond motifs is 1. The number of hydrogen-bond donors (Lipinski definition) is 3. The van der Waals surface area contributed by atoms with Crippen molar-refractivity contribution in [3.63, 3.8) is 0 Å². The summed E-state index contributed by atoms with van der Waals surface area (Å²) in [7, 11) is 0. The van der Waals surface area contributed by atoms with Crippen LogP contribution in [0.1, 0.15) is 41.6 Å². The smallest absolute Gasteiger partial charge is 0.252 e. The molecule has 0 radical (unpaired) electrons. The lowest BCUT2D eigenvalue weighted by Gasteiger charge is -2.21. The lowest BCUT2D eigenvalue weighted by Crippen LogP contribution is -2.32. The first-order valence-electron chi connectivity index (χ1n) is 9.25. The molecule has 2 heterocycles. The Morgan fingerprint density at radius 3 is 2.71 bits per heavy atom. The van der Waals surface area contributed by atoms with Crippen molar-refractivity contribution >= 4 is 16.9 Å². The second-order valence-corrected chi connectivity index (χ2v) is 7.22. The van der Waals surface area contributed by atoms with Crippen LogP contribution < -0.4 is 5.32 Å². The van der Waals surface area contributed by atoms with Crippen molar-refractivity contribution in [3.05, 3.63) is 65.7 Å².